The van der Waals surface area contributed by atoms with E-state index in [9.17, 15) is 13.2 Å². The normalized spacial score (nSPS) is 16.1. The lowest BCUT2D eigenvalue weighted by atomic mass is 10.2. The van der Waals surface area contributed by atoms with Crippen molar-refractivity contribution in [3.05, 3.63) is 42.5 Å². The number of sulfonamides is 1. The van der Waals surface area contributed by atoms with E-state index in [2.05, 4.69) is 5.32 Å². The second kappa shape index (κ2) is 7.45. The lowest BCUT2D eigenvalue weighted by Gasteiger charge is -2.25. The Morgan fingerprint density at radius 2 is 1.89 bits per heavy atom. The van der Waals surface area contributed by atoms with Crippen LogP contribution in [0.15, 0.2) is 47.4 Å². The van der Waals surface area contributed by atoms with Crippen LogP contribution in [0.2, 0.25) is 0 Å². The minimum Gasteiger partial charge on any atom is -0.495 e. The molecule has 0 saturated carbocycles. The van der Waals surface area contributed by atoms with E-state index in [1.165, 1.54) is 39.4 Å². The van der Waals surface area contributed by atoms with E-state index in [0.717, 1.165) is 4.31 Å². The molecular weight excluding hydrogens is 372 g/mol. The molecule has 8 nitrogen and oxygen atoms in total. The van der Waals surface area contributed by atoms with Crippen molar-refractivity contribution in [2.24, 2.45) is 0 Å². The highest BCUT2D eigenvalue weighted by Gasteiger charge is 2.28. The largest absolute Gasteiger partial charge is 0.495 e. The van der Waals surface area contributed by atoms with Crippen LogP contribution in [-0.2, 0) is 14.8 Å². The Bertz CT molecular complexity index is 958. The molecule has 0 bridgehead atoms. The molecule has 1 unspecified atom stereocenters. The molecule has 1 heterocycles. The van der Waals surface area contributed by atoms with E-state index in [1.807, 2.05) is 6.07 Å². The van der Waals surface area contributed by atoms with E-state index in [1.54, 1.807) is 18.2 Å². The van der Waals surface area contributed by atoms with Gasteiger partial charge in [-0.15, -0.1) is 0 Å². The monoisotopic (exact) mass is 392 g/mol. The van der Waals surface area contributed by atoms with Crippen LogP contribution in [0.5, 0.6) is 17.2 Å². The maximum Gasteiger partial charge on any atom is 0.269 e. The summed E-state index contributed by atoms with van der Waals surface area (Å²) in [6, 6.07) is 11.3. The Morgan fingerprint density at radius 3 is 2.56 bits per heavy atom. The van der Waals surface area contributed by atoms with Crippen molar-refractivity contribution in [1.29, 1.82) is 0 Å². The molecule has 0 aromatic heterocycles. The van der Waals surface area contributed by atoms with Gasteiger partial charge < -0.3 is 19.5 Å². The standard InChI is InChI=1S/C18H20N2O6S/c1-20(2)27(22,23)12-8-9-14(24-3)13(10-12)19-18(21)17-11-25-15-6-4-5-7-16(15)26-17/h4-10,17H,11H2,1-3H3,(H,19,21). The van der Waals surface area contributed by atoms with Gasteiger partial charge in [0.15, 0.2) is 11.5 Å². The maximum absolute atomic E-state index is 12.6. The van der Waals surface area contributed by atoms with E-state index in [0.29, 0.717) is 17.2 Å². The van der Waals surface area contributed by atoms with Crippen LogP contribution >= 0.6 is 0 Å². The second-order valence-corrected chi connectivity index (χ2v) is 8.15. The van der Waals surface area contributed by atoms with Gasteiger partial charge in [-0.25, -0.2) is 12.7 Å². The number of para-hydroxylation sites is 2. The van der Waals surface area contributed by atoms with Crippen LogP contribution in [0.1, 0.15) is 0 Å². The molecule has 3 rings (SSSR count). The van der Waals surface area contributed by atoms with Gasteiger partial charge in [-0.2, -0.15) is 0 Å². The summed E-state index contributed by atoms with van der Waals surface area (Å²) in [7, 11) is 0.644. The minimum absolute atomic E-state index is 0.0368. The lowest BCUT2D eigenvalue weighted by molar-refractivity contribution is -0.125. The minimum atomic E-state index is -3.65. The Kier molecular flexibility index (Phi) is 5.24. The molecule has 1 amide bonds. The average molecular weight is 392 g/mol. The zero-order chi connectivity index (χ0) is 19.6. The highest BCUT2D eigenvalue weighted by Crippen LogP contribution is 2.32. The van der Waals surface area contributed by atoms with Crippen molar-refractivity contribution in [2.45, 2.75) is 11.0 Å². The predicted molar refractivity (Wildman–Crippen MR) is 98.8 cm³/mol. The fourth-order valence-electron chi connectivity index (χ4n) is 2.52. The highest BCUT2D eigenvalue weighted by molar-refractivity contribution is 7.89. The van der Waals surface area contributed by atoms with E-state index in [-0.39, 0.29) is 17.2 Å². The van der Waals surface area contributed by atoms with Crippen LogP contribution in [0.25, 0.3) is 0 Å². The Morgan fingerprint density at radius 1 is 1.19 bits per heavy atom. The zero-order valence-electron chi connectivity index (χ0n) is 15.1. The van der Waals surface area contributed by atoms with Crippen molar-refractivity contribution in [3.63, 3.8) is 0 Å². The van der Waals surface area contributed by atoms with Crippen LogP contribution in [0.4, 0.5) is 5.69 Å². The first-order valence-corrected chi connectivity index (χ1v) is 9.57. The molecule has 0 aliphatic carbocycles. The molecule has 0 spiro atoms. The van der Waals surface area contributed by atoms with E-state index >= 15 is 0 Å². The fraction of sp³-hybridized carbons (Fsp3) is 0.278. The van der Waals surface area contributed by atoms with Crippen molar-refractivity contribution in [3.8, 4) is 17.2 Å². The lowest BCUT2D eigenvalue weighted by Crippen LogP contribution is -2.40. The number of amides is 1. The van der Waals surface area contributed by atoms with Gasteiger partial charge in [-0.1, -0.05) is 12.1 Å². The van der Waals surface area contributed by atoms with Gasteiger partial charge in [0, 0.05) is 14.1 Å². The van der Waals surface area contributed by atoms with Crippen LogP contribution in [0.3, 0.4) is 0 Å². The average Bonchev–Trinajstić information content (AvgIpc) is 2.67. The molecule has 1 aliphatic heterocycles. The predicted octanol–water partition coefficient (Wildman–Crippen LogP) is 1.72. The molecule has 2 aromatic rings. The first-order chi connectivity index (χ1) is 12.8. The van der Waals surface area contributed by atoms with Crippen molar-refractivity contribution in [2.75, 3.05) is 33.1 Å². The highest BCUT2D eigenvalue weighted by atomic mass is 32.2. The van der Waals surface area contributed by atoms with Crippen molar-refractivity contribution >= 4 is 21.6 Å². The van der Waals surface area contributed by atoms with Gasteiger partial charge in [0.2, 0.25) is 16.1 Å². The molecule has 0 saturated heterocycles. The Hall–Kier alpha value is -2.78. The number of hydrogen-bond donors (Lipinski definition) is 1. The summed E-state index contributed by atoms with van der Waals surface area (Å²) in [5.74, 6) is 0.901. The third-order valence-electron chi connectivity index (χ3n) is 4.01. The molecule has 27 heavy (non-hydrogen) atoms. The number of methoxy groups -OCH3 is 1. The molecule has 2 aromatic carbocycles. The molecule has 1 atom stereocenters. The third kappa shape index (κ3) is 3.83. The number of carbonyl (C=O) groups excluding carboxylic acids is 1. The summed E-state index contributed by atoms with van der Waals surface area (Å²) in [6.07, 6.45) is -0.876. The van der Waals surface area contributed by atoms with Crippen LogP contribution in [-0.4, -0.2) is 52.5 Å². The number of benzene rings is 2. The summed E-state index contributed by atoms with van der Waals surface area (Å²) in [5, 5.41) is 2.66. The van der Waals surface area contributed by atoms with Gasteiger partial charge in [-0.3, -0.25) is 4.79 Å². The fourth-order valence-corrected chi connectivity index (χ4v) is 3.45. The quantitative estimate of drug-likeness (QED) is 0.833. The summed E-state index contributed by atoms with van der Waals surface area (Å²) >= 11 is 0. The molecule has 144 valence electrons. The van der Waals surface area contributed by atoms with Crippen molar-refractivity contribution in [1.82, 2.24) is 4.31 Å². The summed E-state index contributed by atoms with van der Waals surface area (Å²) in [4.78, 5) is 12.6. The first-order valence-electron chi connectivity index (χ1n) is 8.13. The molecule has 1 aliphatic rings. The number of rotatable bonds is 5. The topological polar surface area (TPSA) is 94.2 Å². The van der Waals surface area contributed by atoms with Gasteiger partial charge in [0.1, 0.15) is 12.4 Å². The number of anilines is 1. The van der Waals surface area contributed by atoms with Crippen molar-refractivity contribution < 1.29 is 27.4 Å². The van der Waals surface area contributed by atoms with E-state index < -0.39 is 22.0 Å². The third-order valence-corrected chi connectivity index (χ3v) is 5.82. The summed E-state index contributed by atoms with van der Waals surface area (Å²) < 4.78 is 42.2. The van der Waals surface area contributed by atoms with Gasteiger partial charge in [-0.05, 0) is 30.3 Å². The van der Waals surface area contributed by atoms with Gasteiger partial charge in [0.05, 0.1) is 17.7 Å². The zero-order valence-corrected chi connectivity index (χ0v) is 15.9. The molecule has 9 heteroatoms. The molecule has 1 N–H and O–H groups in total. The number of hydrogen-bond acceptors (Lipinski definition) is 6. The number of carbonyl (C=O) groups is 1. The van der Waals surface area contributed by atoms with Crippen LogP contribution < -0.4 is 19.5 Å². The molecule has 0 fully saturated rings. The number of nitrogens with one attached hydrogen (secondary N) is 1. The first kappa shape index (κ1) is 19.0. The number of fused-ring (bicyclic) bond motifs is 1. The SMILES string of the molecule is COc1ccc(S(=O)(=O)N(C)C)cc1NC(=O)C1COc2ccccc2O1. The smallest absolute Gasteiger partial charge is 0.269 e. The molecule has 0 radical (unpaired) electrons. The van der Waals surface area contributed by atoms with E-state index in [4.69, 9.17) is 14.2 Å². The number of ether oxygens (including phenoxy) is 3. The summed E-state index contributed by atoms with van der Waals surface area (Å²) in [6.45, 7) is 0.0425. The van der Waals surface area contributed by atoms with Crippen LogP contribution in [0, 0.1) is 0 Å². The maximum atomic E-state index is 12.6. The Labute approximate surface area is 157 Å². The Balaban J connectivity index is 1.83. The molecular formula is C18H20N2O6S. The second-order valence-electron chi connectivity index (χ2n) is 6.00. The summed E-state index contributed by atoms with van der Waals surface area (Å²) in [5.41, 5.74) is 0.230. The van der Waals surface area contributed by atoms with Gasteiger partial charge in [0.25, 0.3) is 5.91 Å². The number of nitrogens with zero attached hydrogens (tertiary/aromatic N) is 1. The van der Waals surface area contributed by atoms with Gasteiger partial charge >= 0.3 is 0 Å².